The first-order valence-electron chi connectivity index (χ1n) is 8.54. The fraction of sp³-hybridized carbons (Fsp3) is 0.611. The third-order valence-electron chi connectivity index (χ3n) is 5.13. The molecule has 6 heteroatoms. The molecule has 2 amide bonds. The number of likely N-dealkylation sites (tertiary alicyclic amines) is 2. The second kappa shape index (κ2) is 6.07. The van der Waals surface area contributed by atoms with Crippen molar-refractivity contribution in [1.82, 2.24) is 9.80 Å². The number of amides is 2. The number of hydrogen-bond acceptors (Lipinski definition) is 4. The molecule has 1 aromatic rings. The van der Waals surface area contributed by atoms with E-state index in [0.717, 1.165) is 19.4 Å². The molecule has 0 radical (unpaired) electrons. The van der Waals surface area contributed by atoms with Gasteiger partial charge in [0.05, 0.1) is 5.41 Å². The summed E-state index contributed by atoms with van der Waals surface area (Å²) in [5, 5.41) is 0. The topological polar surface area (TPSA) is 70.8 Å². The lowest BCUT2D eigenvalue weighted by Crippen LogP contribution is -2.52. The zero-order valence-electron chi connectivity index (χ0n) is 14.5. The van der Waals surface area contributed by atoms with Gasteiger partial charge in [-0.05, 0) is 40.0 Å². The van der Waals surface area contributed by atoms with Crippen LogP contribution in [0.4, 0.5) is 0 Å². The molecule has 6 nitrogen and oxygen atoms in total. The molecule has 2 saturated heterocycles. The van der Waals surface area contributed by atoms with E-state index in [0.29, 0.717) is 25.3 Å². The Morgan fingerprint density at radius 1 is 1.21 bits per heavy atom. The Bertz CT molecular complexity index is 724. The molecule has 0 aliphatic carbocycles. The van der Waals surface area contributed by atoms with Crippen molar-refractivity contribution in [3.05, 3.63) is 33.9 Å². The van der Waals surface area contributed by atoms with Gasteiger partial charge in [-0.25, -0.2) is 0 Å². The van der Waals surface area contributed by atoms with Crippen molar-refractivity contribution >= 4 is 11.8 Å². The Morgan fingerprint density at radius 2 is 1.96 bits per heavy atom. The normalized spacial score (nSPS) is 24.2. The Balaban J connectivity index is 1.80. The molecule has 0 aromatic carbocycles. The van der Waals surface area contributed by atoms with E-state index >= 15 is 0 Å². The van der Waals surface area contributed by atoms with Gasteiger partial charge in [-0.3, -0.25) is 14.4 Å². The molecular weight excluding hydrogens is 308 g/mol. The maximum Gasteiger partial charge on any atom is 0.289 e. The van der Waals surface area contributed by atoms with E-state index in [-0.39, 0.29) is 29.0 Å². The van der Waals surface area contributed by atoms with E-state index in [2.05, 4.69) is 0 Å². The monoisotopic (exact) mass is 332 g/mol. The summed E-state index contributed by atoms with van der Waals surface area (Å²) in [7, 11) is 0. The van der Waals surface area contributed by atoms with Gasteiger partial charge in [-0.15, -0.1) is 0 Å². The molecule has 1 spiro atoms. The van der Waals surface area contributed by atoms with Crippen molar-refractivity contribution in [3.8, 4) is 0 Å². The van der Waals surface area contributed by atoms with Gasteiger partial charge in [0.2, 0.25) is 5.91 Å². The van der Waals surface area contributed by atoms with Crippen LogP contribution in [0.2, 0.25) is 0 Å². The average Bonchev–Trinajstić information content (AvgIpc) is 2.93. The molecule has 2 fully saturated rings. The van der Waals surface area contributed by atoms with E-state index < -0.39 is 5.41 Å². The third-order valence-corrected chi connectivity index (χ3v) is 5.13. The Morgan fingerprint density at radius 3 is 2.62 bits per heavy atom. The molecule has 2 aliphatic rings. The minimum Gasteiger partial charge on any atom is -0.456 e. The van der Waals surface area contributed by atoms with Crippen LogP contribution >= 0.6 is 0 Å². The first kappa shape index (κ1) is 16.7. The van der Waals surface area contributed by atoms with Gasteiger partial charge in [0.15, 0.2) is 11.2 Å². The predicted molar refractivity (Wildman–Crippen MR) is 88.8 cm³/mol. The number of rotatable bonds is 2. The quantitative estimate of drug-likeness (QED) is 0.828. The molecule has 2 aliphatic heterocycles. The first-order valence-corrected chi connectivity index (χ1v) is 8.54. The number of hydrogen-bond donors (Lipinski definition) is 0. The maximum atomic E-state index is 12.9. The summed E-state index contributed by atoms with van der Waals surface area (Å²) in [6.45, 7) is 7.42. The summed E-state index contributed by atoms with van der Waals surface area (Å²) in [6.07, 6.45) is 2.46. The van der Waals surface area contributed by atoms with Crippen molar-refractivity contribution in [3.63, 3.8) is 0 Å². The van der Waals surface area contributed by atoms with Gasteiger partial charge >= 0.3 is 0 Å². The fourth-order valence-corrected chi connectivity index (χ4v) is 3.88. The van der Waals surface area contributed by atoms with Gasteiger partial charge in [-0.2, -0.15) is 0 Å². The van der Waals surface area contributed by atoms with E-state index in [1.807, 2.05) is 18.7 Å². The molecule has 130 valence electrons. The van der Waals surface area contributed by atoms with E-state index in [1.165, 1.54) is 12.1 Å². The molecule has 0 unspecified atom stereocenters. The molecular formula is C18H24N2O4. The number of carbonyl (C=O) groups excluding carboxylic acids is 2. The summed E-state index contributed by atoms with van der Waals surface area (Å²) in [5.41, 5.74) is -0.710. The summed E-state index contributed by atoms with van der Waals surface area (Å²) in [5.74, 6) is 0.326. The Labute approximate surface area is 141 Å². The number of carbonyl (C=O) groups is 2. The van der Waals surface area contributed by atoms with Crippen LogP contribution in [0, 0.1) is 12.3 Å². The van der Waals surface area contributed by atoms with Crippen LogP contribution in [0.15, 0.2) is 21.3 Å². The Kier molecular flexibility index (Phi) is 4.24. The van der Waals surface area contributed by atoms with Crippen molar-refractivity contribution < 1.29 is 14.0 Å². The molecule has 24 heavy (non-hydrogen) atoms. The highest BCUT2D eigenvalue weighted by molar-refractivity contribution is 5.93. The molecule has 3 rings (SSSR count). The number of aryl methyl sites for hydroxylation is 1. The Hall–Kier alpha value is -2.11. The van der Waals surface area contributed by atoms with Gasteiger partial charge in [-0.1, -0.05) is 0 Å². The lowest BCUT2D eigenvalue weighted by atomic mass is 9.78. The zero-order valence-corrected chi connectivity index (χ0v) is 14.5. The van der Waals surface area contributed by atoms with E-state index in [1.54, 1.807) is 11.8 Å². The van der Waals surface area contributed by atoms with Crippen molar-refractivity contribution in [1.29, 1.82) is 0 Å². The van der Waals surface area contributed by atoms with Gasteiger partial charge in [0.25, 0.3) is 5.91 Å². The second-order valence-corrected chi connectivity index (χ2v) is 7.22. The van der Waals surface area contributed by atoms with Crippen LogP contribution in [-0.2, 0) is 4.79 Å². The van der Waals surface area contributed by atoms with Crippen LogP contribution in [0.3, 0.4) is 0 Å². The zero-order chi connectivity index (χ0) is 17.5. The number of piperidine rings is 1. The lowest BCUT2D eigenvalue weighted by molar-refractivity contribution is -0.147. The van der Waals surface area contributed by atoms with Gasteiger partial charge in [0, 0.05) is 37.8 Å². The average molecular weight is 332 g/mol. The molecule has 0 bridgehead atoms. The van der Waals surface area contributed by atoms with Crippen LogP contribution in [0.5, 0.6) is 0 Å². The highest BCUT2D eigenvalue weighted by atomic mass is 16.3. The first-order chi connectivity index (χ1) is 11.3. The smallest absolute Gasteiger partial charge is 0.289 e. The predicted octanol–water partition coefficient (Wildman–Crippen LogP) is 1.81. The van der Waals surface area contributed by atoms with Crippen LogP contribution in [0.1, 0.15) is 49.4 Å². The molecule has 0 saturated carbocycles. The van der Waals surface area contributed by atoms with Gasteiger partial charge < -0.3 is 14.2 Å². The van der Waals surface area contributed by atoms with E-state index in [4.69, 9.17) is 4.42 Å². The minimum absolute atomic E-state index is 0.0565. The standard InChI is InChI=1S/C18H24N2O4/c1-12(2)20-7-4-5-18(17(20)23)6-8-19(11-18)16(22)15-10-14(21)9-13(3)24-15/h9-10,12H,4-8,11H2,1-3H3/t18-/m1/s1. The fourth-order valence-electron chi connectivity index (χ4n) is 3.88. The van der Waals surface area contributed by atoms with Gasteiger partial charge in [0.1, 0.15) is 5.76 Å². The van der Waals surface area contributed by atoms with E-state index in [9.17, 15) is 14.4 Å². The summed E-state index contributed by atoms with van der Waals surface area (Å²) in [4.78, 5) is 40.8. The summed E-state index contributed by atoms with van der Waals surface area (Å²) in [6, 6.07) is 2.76. The SMILES string of the molecule is Cc1cc(=O)cc(C(=O)N2CC[C@]3(CCCN(C(C)C)C3=O)C2)o1. The van der Waals surface area contributed by atoms with Crippen LogP contribution in [0.25, 0.3) is 0 Å². The van der Waals surface area contributed by atoms with Crippen LogP contribution < -0.4 is 5.43 Å². The van der Waals surface area contributed by atoms with Crippen molar-refractivity contribution in [2.45, 2.75) is 46.1 Å². The highest BCUT2D eigenvalue weighted by Gasteiger charge is 2.50. The second-order valence-electron chi connectivity index (χ2n) is 7.22. The molecule has 1 aromatic heterocycles. The maximum absolute atomic E-state index is 12.9. The largest absolute Gasteiger partial charge is 0.456 e. The summed E-state index contributed by atoms with van der Waals surface area (Å²) < 4.78 is 5.41. The van der Waals surface area contributed by atoms with Crippen LogP contribution in [-0.4, -0.2) is 47.3 Å². The number of nitrogens with zero attached hydrogens (tertiary/aromatic N) is 2. The highest BCUT2D eigenvalue weighted by Crippen LogP contribution is 2.41. The molecule has 3 heterocycles. The summed E-state index contributed by atoms with van der Waals surface area (Å²) >= 11 is 0. The third kappa shape index (κ3) is 2.85. The lowest BCUT2D eigenvalue weighted by Gasteiger charge is -2.41. The van der Waals surface area contributed by atoms with Crippen molar-refractivity contribution in [2.24, 2.45) is 5.41 Å². The molecule has 1 atom stereocenters. The van der Waals surface area contributed by atoms with Crippen molar-refractivity contribution in [2.75, 3.05) is 19.6 Å². The minimum atomic E-state index is -0.470. The molecule has 0 N–H and O–H groups in total.